The molecule has 0 unspecified atom stereocenters. The Morgan fingerprint density at radius 2 is 1.84 bits per heavy atom. The van der Waals surface area contributed by atoms with E-state index in [1.807, 2.05) is 18.2 Å². The van der Waals surface area contributed by atoms with E-state index in [2.05, 4.69) is 17.4 Å². The Morgan fingerprint density at radius 3 is 2.42 bits per heavy atom. The van der Waals surface area contributed by atoms with Gasteiger partial charge in [-0.2, -0.15) is 0 Å². The van der Waals surface area contributed by atoms with Crippen LogP contribution in [-0.4, -0.2) is 46.4 Å². The van der Waals surface area contributed by atoms with Crippen molar-refractivity contribution >= 4 is 33.2 Å². The number of anilines is 1. The second kappa shape index (κ2) is 10.0. The van der Waals surface area contributed by atoms with Crippen molar-refractivity contribution in [1.82, 2.24) is 5.32 Å². The van der Waals surface area contributed by atoms with Gasteiger partial charge in [-0.25, -0.2) is 8.42 Å². The van der Waals surface area contributed by atoms with Crippen molar-refractivity contribution in [2.75, 3.05) is 30.3 Å². The normalized spacial score (nSPS) is 17.0. The monoisotopic (exact) mass is 464 g/mol. The van der Waals surface area contributed by atoms with Crippen LogP contribution in [0.5, 0.6) is 0 Å². The number of nitrogens with one attached hydrogen (secondary N) is 1. The van der Waals surface area contributed by atoms with E-state index >= 15 is 0 Å². The van der Waals surface area contributed by atoms with Gasteiger partial charge in [0, 0.05) is 30.2 Å². The molecular weight excluding hydrogens is 436 g/mol. The number of rotatable bonds is 8. The van der Waals surface area contributed by atoms with E-state index in [1.54, 1.807) is 31.2 Å². The summed E-state index contributed by atoms with van der Waals surface area (Å²) in [5, 5.41) is 3.46. The predicted molar refractivity (Wildman–Crippen MR) is 124 cm³/mol. The highest BCUT2D eigenvalue weighted by atomic mass is 35.5. The molecule has 1 fully saturated rings. The molecule has 0 bridgehead atoms. The van der Waals surface area contributed by atoms with Crippen LogP contribution in [0.2, 0.25) is 5.02 Å². The Kier molecular flexibility index (Phi) is 7.62. The Balaban J connectivity index is 1.85. The summed E-state index contributed by atoms with van der Waals surface area (Å²) < 4.78 is 32.0. The fraction of sp³-hybridized carbons (Fsp3) is 0.435. The minimum absolute atomic E-state index is 0.237. The number of carbonyl (C=O) groups excluding carboxylic acids is 1. The third-order valence-electron chi connectivity index (χ3n) is 5.83. The zero-order chi connectivity index (χ0) is 22.5. The van der Waals surface area contributed by atoms with Gasteiger partial charge < -0.3 is 10.1 Å². The molecule has 0 saturated carbocycles. The Bertz CT molecular complexity index is 992. The number of hydrogen-bond acceptors (Lipinski definition) is 4. The van der Waals surface area contributed by atoms with Gasteiger partial charge in [0.25, 0.3) is 0 Å². The van der Waals surface area contributed by atoms with Crippen LogP contribution < -0.4 is 9.62 Å². The molecule has 1 aliphatic rings. The molecule has 0 aliphatic carbocycles. The summed E-state index contributed by atoms with van der Waals surface area (Å²) >= 11 is 6.08. The number of halogens is 1. The second-order valence-corrected chi connectivity index (χ2v) is 10.2. The molecule has 0 spiro atoms. The Labute approximate surface area is 189 Å². The molecule has 1 amide bonds. The smallest absolute Gasteiger partial charge is 0.243 e. The van der Waals surface area contributed by atoms with E-state index in [0.29, 0.717) is 36.9 Å². The highest BCUT2D eigenvalue weighted by molar-refractivity contribution is 7.92. The summed E-state index contributed by atoms with van der Waals surface area (Å²) in [5.41, 5.74) is 1.29. The lowest BCUT2D eigenvalue weighted by molar-refractivity contribution is -0.122. The maximum Gasteiger partial charge on any atom is 0.243 e. The molecule has 8 heteroatoms. The van der Waals surface area contributed by atoms with Crippen LogP contribution in [0.15, 0.2) is 54.6 Å². The summed E-state index contributed by atoms with van der Waals surface area (Å²) in [6, 6.07) is 15.8. The lowest BCUT2D eigenvalue weighted by Crippen LogP contribution is -2.52. The van der Waals surface area contributed by atoms with E-state index in [1.165, 1.54) is 0 Å². The van der Waals surface area contributed by atoms with Crippen LogP contribution in [0.3, 0.4) is 0 Å². The highest BCUT2D eigenvalue weighted by Gasteiger charge is 2.37. The van der Waals surface area contributed by atoms with Crippen LogP contribution in [0.1, 0.15) is 31.7 Å². The molecule has 2 aromatic carbocycles. The van der Waals surface area contributed by atoms with Gasteiger partial charge in [-0.15, -0.1) is 0 Å². The average molecular weight is 465 g/mol. The molecule has 2 aromatic rings. The molecule has 3 rings (SSSR count). The maximum atomic E-state index is 13.3. The molecule has 1 saturated heterocycles. The number of amides is 1. The lowest BCUT2D eigenvalue weighted by Gasteiger charge is -2.39. The van der Waals surface area contributed by atoms with Crippen LogP contribution >= 0.6 is 11.6 Å². The van der Waals surface area contributed by atoms with Gasteiger partial charge in [-0.05, 0) is 43.0 Å². The predicted octanol–water partition coefficient (Wildman–Crippen LogP) is 3.75. The van der Waals surface area contributed by atoms with Crippen LogP contribution in [-0.2, 0) is 25.0 Å². The van der Waals surface area contributed by atoms with Gasteiger partial charge in [0.05, 0.1) is 11.9 Å². The van der Waals surface area contributed by atoms with Crippen LogP contribution in [0.4, 0.5) is 5.69 Å². The third kappa shape index (κ3) is 5.59. The van der Waals surface area contributed by atoms with Crippen molar-refractivity contribution in [3.63, 3.8) is 0 Å². The first-order valence-electron chi connectivity index (χ1n) is 10.4. The molecule has 31 heavy (non-hydrogen) atoms. The largest absolute Gasteiger partial charge is 0.381 e. The van der Waals surface area contributed by atoms with Crippen molar-refractivity contribution in [2.24, 2.45) is 0 Å². The maximum absolute atomic E-state index is 13.3. The van der Waals surface area contributed by atoms with E-state index < -0.39 is 16.1 Å². The highest BCUT2D eigenvalue weighted by Crippen LogP contribution is 2.34. The average Bonchev–Trinajstić information content (AvgIpc) is 2.76. The SMILES string of the molecule is CC[C@H](C(=O)NCC1(c2ccccc2)CCOCC1)N(c1cccc(Cl)c1)S(C)(=O)=O. The molecular formula is C23H29ClN2O4S. The van der Waals surface area contributed by atoms with Crippen molar-refractivity contribution < 1.29 is 17.9 Å². The van der Waals surface area contributed by atoms with Gasteiger partial charge >= 0.3 is 0 Å². The molecule has 0 aromatic heterocycles. The minimum atomic E-state index is -3.71. The molecule has 168 valence electrons. The fourth-order valence-corrected chi connectivity index (χ4v) is 5.56. The van der Waals surface area contributed by atoms with Crippen molar-refractivity contribution in [2.45, 2.75) is 37.6 Å². The number of ether oxygens (including phenoxy) is 1. The number of carbonyl (C=O) groups is 1. The topological polar surface area (TPSA) is 75.7 Å². The zero-order valence-corrected chi connectivity index (χ0v) is 19.5. The second-order valence-electron chi connectivity index (χ2n) is 7.94. The number of sulfonamides is 1. The molecule has 1 aliphatic heterocycles. The number of nitrogens with zero attached hydrogens (tertiary/aromatic N) is 1. The van der Waals surface area contributed by atoms with Crippen molar-refractivity contribution in [1.29, 1.82) is 0 Å². The summed E-state index contributed by atoms with van der Waals surface area (Å²) in [5.74, 6) is -0.324. The first-order valence-corrected chi connectivity index (χ1v) is 12.7. The molecule has 1 N–H and O–H groups in total. The van der Waals surface area contributed by atoms with Crippen LogP contribution in [0.25, 0.3) is 0 Å². The molecule has 6 nitrogen and oxygen atoms in total. The van der Waals surface area contributed by atoms with E-state index in [-0.39, 0.29) is 11.3 Å². The minimum Gasteiger partial charge on any atom is -0.381 e. The standard InChI is InChI=1S/C23H29ClN2O4S/c1-3-21(26(31(2,28)29)20-11-7-10-19(24)16-20)22(27)25-17-23(12-14-30-15-13-23)18-8-5-4-6-9-18/h4-11,16,21H,3,12-15,17H2,1-2H3,(H,25,27)/t21-/m1/s1. The first-order chi connectivity index (χ1) is 14.8. The van der Waals surface area contributed by atoms with Crippen molar-refractivity contribution in [3.8, 4) is 0 Å². The van der Waals surface area contributed by atoms with Gasteiger partial charge in [0.1, 0.15) is 6.04 Å². The Morgan fingerprint density at radius 1 is 1.16 bits per heavy atom. The summed E-state index contributed by atoms with van der Waals surface area (Å²) in [4.78, 5) is 13.3. The van der Waals surface area contributed by atoms with Gasteiger partial charge in [0.2, 0.25) is 15.9 Å². The van der Waals surface area contributed by atoms with Gasteiger partial charge in [-0.3, -0.25) is 9.10 Å². The quantitative estimate of drug-likeness (QED) is 0.645. The Hall–Kier alpha value is -2.09. The van der Waals surface area contributed by atoms with Gasteiger partial charge in [0.15, 0.2) is 0 Å². The fourth-order valence-electron chi connectivity index (χ4n) is 4.17. The van der Waals surface area contributed by atoms with Gasteiger partial charge in [-0.1, -0.05) is 54.9 Å². The lowest BCUT2D eigenvalue weighted by atomic mass is 9.74. The zero-order valence-electron chi connectivity index (χ0n) is 17.9. The molecule has 0 radical (unpaired) electrons. The van der Waals surface area contributed by atoms with E-state index in [0.717, 1.165) is 29.0 Å². The van der Waals surface area contributed by atoms with E-state index in [4.69, 9.17) is 16.3 Å². The third-order valence-corrected chi connectivity index (χ3v) is 7.24. The summed E-state index contributed by atoms with van der Waals surface area (Å²) in [7, 11) is -3.71. The van der Waals surface area contributed by atoms with Crippen LogP contribution in [0, 0.1) is 0 Å². The number of hydrogen-bond donors (Lipinski definition) is 1. The van der Waals surface area contributed by atoms with Crippen molar-refractivity contribution in [3.05, 3.63) is 65.2 Å². The molecule has 1 atom stereocenters. The number of benzene rings is 2. The summed E-state index contributed by atoms with van der Waals surface area (Å²) in [6.45, 7) is 3.47. The summed E-state index contributed by atoms with van der Waals surface area (Å²) in [6.07, 6.45) is 3.01. The van der Waals surface area contributed by atoms with E-state index in [9.17, 15) is 13.2 Å². The first kappa shape index (κ1) is 23.6. The molecule has 1 heterocycles.